The van der Waals surface area contributed by atoms with Crippen molar-refractivity contribution in [2.45, 2.75) is 13.0 Å². The number of rotatable bonds is 1. The van der Waals surface area contributed by atoms with Gasteiger partial charge in [-0.3, -0.25) is 0 Å². The molecule has 1 rings (SSSR count). The molecule has 52 valence electrons. The van der Waals surface area contributed by atoms with E-state index in [-0.39, 0.29) is 51.5 Å². The molecule has 0 heterocycles. The first-order chi connectivity index (χ1) is 4.30. The summed E-state index contributed by atoms with van der Waals surface area (Å²) in [5, 5.41) is 0. The fourth-order valence-electron chi connectivity index (χ4n) is 0.757. The summed E-state index contributed by atoms with van der Waals surface area (Å²) in [5.74, 6) is 0. The van der Waals surface area contributed by atoms with Crippen molar-refractivity contribution in [1.82, 2.24) is 0 Å². The summed E-state index contributed by atoms with van der Waals surface area (Å²) in [6.07, 6.45) is 0. The molecule has 1 atom stereocenters. The summed E-state index contributed by atoms with van der Waals surface area (Å²) in [6, 6.07) is 10.2. The number of benzene rings is 1. The van der Waals surface area contributed by atoms with E-state index in [0.29, 0.717) is 0 Å². The van der Waals surface area contributed by atoms with Crippen LogP contribution in [-0.4, -0.2) is 45.5 Å². The Labute approximate surface area is 98.9 Å². The molecular weight excluding hydrogens is 198 g/mol. The summed E-state index contributed by atoms with van der Waals surface area (Å²) >= 11 is 0. The first-order valence-electron chi connectivity index (χ1n) is 3.11. The van der Waals surface area contributed by atoms with Crippen LogP contribution in [0, 0.1) is 0 Å². The van der Waals surface area contributed by atoms with Crippen LogP contribution in [0.25, 0.3) is 0 Å². The average Bonchev–Trinajstić information content (AvgIpc) is 1.90. The van der Waals surface area contributed by atoms with Crippen molar-refractivity contribution < 1.29 is 0 Å². The van der Waals surface area contributed by atoms with Crippen molar-refractivity contribution >= 4 is 45.5 Å². The Bertz CT molecular complexity index is 172. The Morgan fingerprint density at radius 3 is 2.00 bits per heavy atom. The fourth-order valence-corrected chi connectivity index (χ4v) is 0.757. The van der Waals surface area contributed by atoms with E-state index in [1.54, 1.807) is 0 Å². The van der Waals surface area contributed by atoms with Gasteiger partial charge in [-0.25, -0.2) is 0 Å². The Kier molecular flexibility index (Phi) is 5.68. The standard InChI is InChI=1S/C8H11N.Sr.2H/c1-7(9)8-5-3-2-4-6-8;;;/h2-7H,9H2,1H3;;;. The van der Waals surface area contributed by atoms with Crippen molar-refractivity contribution in [3.8, 4) is 0 Å². The van der Waals surface area contributed by atoms with Crippen LogP contribution in [0.5, 0.6) is 0 Å². The Balaban J connectivity index is 0.000000810. The summed E-state index contributed by atoms with van der Waals surface area (Å²) in [4.78, 5) is 0. The topological polar surface area (TPSA) is 26.0 Å². The second-order valence-electron chi connectivity index (χ2n) is 2.20. The summed E-state index contributed by atoms with van der Waals surface area (Å²) in [6.45, 7) is 1.98. The number of hydrogen-bond acceptors (Lipinski definition) is 1. The minimum atomic E-state index is 0. The molecule has 1 unspecified atom stereocenters. The van der Waals surface area contributed by atoms with Crippen LogP contribution in [0.1, 0.15) is 18.5 Å². The van der Waals surface area contributed by atoms with Gasteiger partial charge in [-0.05, 0) is 12.5 Å². The molecule has 0 aliphatic rings. The molecule has 0 saturated heterocycles. The van der Waals surface area contributed by atoms with Gasteiger partial charge in [0.25, 0.3) is 0 Å². The van der Waals surface area contributed by atoms with Gasteiger partial charge in [-0.15, -0.1) is 0 Å². The summed E-state index contributed by atoms with van der Waals surface area (Å²) < 4.78 is 0. The molecule has 0 amide bonds. The Morgan fingerprint density at radius 1 is 1.20 bits per heavy atom. The predicted molar refractivity (Wildman–Crippen MR) is 47.6 cm³/mol. The molecule has 10 heavy (non-hydrogen) atoms. The molecule has 0 aromatic heterocycles. The molecule has 0 fully saturated rings. The fraction of sp³-hybridized carbons (Fsp3) is 0.250. The van der Waals surface area contributed by atoms with E-state index in [9.17, 15) is 0 Å². The van der Waals surface area contributed by atoms with Gasteiger partial charge in [0.1, 0.15) is 0 Å². The van der Waals surface area contributed by atoms with Crippen LogP contribution >= 0.6 is 0 Å². The third-order valence-electron chi connectivity index (χ3n) is 1.33. The number of hydrogen-bond donors (Lipinski definition) is 1. The van der Waals surface area contributed by atoms with Crippen LogP contribution < -0.4 is 5.73 Å². The number of nitrogens with two attached hydrogens (primary N) is 1. The van der Waals surface area contributed by atoms with Gasteiger partial charge in [-0.2, -0.15) is 0 Å². The normalized spacial score (nSPS) is 11.8. The van der Waals surface area contributed by atoms with Gasteiger partial charge in [-0.1, -0.05) is 30.3 Å². The Hall–Kier alpha value is 0.661. The van der Waals surface area contributed by atoms with Gasteiger partial charge in [0.2, 0.25) is 0 Å². The molecular formula is C8H13NSr. The quantitative estimate of drug-likeness (QED) is 0.682. The maximum absolute atomic E-state index is 5.61. The van der Waals surface area contributed by atoms with Gasteiger partial charge < -0.3 is 5.73 Å². The van der Waals surface area contributed by atoms with Crippen molar-refractivity contribution in [2.75, 3.05) is 0 Å². The first kappa shape index (κ1) is 10.7. The second kappa shape index (κ2) is 5.33. The van der Waals surface area contributed by atoms with Crippen LogP contribution in [0.2, 0.25) is 0 Å². The predicted octanol–water partition coefficient (Wildman–Crippen LogP) is 0.790. The molecule has 2 N–H and O–H groups in total. The minimum absolute atomic E-state index is 0. The van der Waals surface area contributed by atoms with Gasteiger partial charge in [0, 0.05) is 6.04 Å². The van der Waals surface area contributed by atoms with Crippen LogP contribution in [0.3, 0.4) is 0 Å². The van der Waals surface area contributed by atoms with Crippen LogP contribution in [0.4, 0.5) is 0 Å². The van der Waals surface area contributed by atoms with Crippen LogP contribution in [-0.2, 0) is 0 Å². The van der Waals surface area contributed by atoms with Crippen molar-refractivity contribution in [1.29, 1.82) is 0 Å². The molecule has 0 aliphatic carbocycles. The summed E-state index contributed by atoms with van der Waals surface area (Å²) in [7, 11) is 0. The van der Waals surface area contributed by atoms with Crippen LogP contribution in [0.15, 0.2) is 30.3 Å². The van der Waals surface area contributed by atoms with Crippen molar-refractivity contribution in [2.24, 2.45) is 5.73 Å². The maximum atomic E-state index is 5.61. The average molecular weight is 211 g/mol. The van der Waals surface area contributed by atoms with E-state index in [4.69, 9.17) is 5.73 Å². The Morgan fingerprint density at radius 2 is 1.70 bits per heavy atom. The molecule has 2 heteroatoms. The molecule has 0 aliphatic heterocycles. The molecule has 1 aromatic rings. The van der Waals surface area contributed by atoms with Crippen molar-refractivity contribution in [3.05, 3.63) is 35.9 Å². The molecule has 1 nitrogen and oxygen atoms in total. The van der Waals surface area contributed by atoms with E-state index in [1.165, 1.54) is 5.56 Å². The molecule has 1 aromatic carbocycles. The van der Waals surface area contributed by atoms with Gasteiger partial charge >= 0.3 is 45.5 Å². The molecule has 0 bridgehead atoms. The van der Waals surface area contributed by atoms with E-state index in [1.807, 2.05) is 37.3 Å². The molecule has 0 saturated carbocycles. The van der Waals surface area contributed by atoms with E-state index in [0.717, 1.165) is 0 Å². The molecule has 0 radical (unpaired) electrons. The summed E-state index contributed by atoms with van der Waals surface area (Å²) in [5.41, 5.74) is 6.81. The zero-order chi connectivity index (χ0) is 6.69. The SMILES string of the molecule is CC(N)c1ccccc1.[SrH2]. The third-order valence-corrected chi connectivity index (χ3v) is 1.33. The second-order valence-corrected chi connectivity index (χ2v) is 2.20. The zero-order valence-electron chi connectivity index (χ0n) is 5.54. The van der Waals surface area contributed by atoms with Gasteiger partial charge in [0.05, 0.1) is 0 Å². The monoisotopic (exact) mass is 211 g/mol. The molecule has 0 spiro atoms. The van der Waals surface area contributed by atoms with Gasteiger partial charge in [0.15, 0.2) is 0 Å². The van der Waals surface area contributed by atoms with E-state index >= 15 is 0 Å². The first-order valence-corrected chi connectivity index (χ1v) is 3.11. The van der Waals surface area contributed by atoms with E-state index in [2.05, 4.69) is 0 Å². The zero-order valence-corrected chi connectivity index (χ0v) is 5.54. The van der Waals surface area contributed by atoms with E-state index < -0.39 is 0 Å². The third kappa shape index (κ3) is 3.17. The van der Waals surface area contributed by atoms with Crippen molar-refractivity contribution in [3.63, 3.8) is 0 Å².